The van der Waals surface area contributed by atoms with Crippen molar-refractivity contribution in [3.63, 3.8) is 0 Å². The van der Waals surface area contributed by atoms with Crippen molar-refractivity contribution in [1.29, 1.82) is 0 Å². The van der Waals surface area contributed by atoms with Crippen molar-refractivity contribution in [2.75, 3.05) is 6.61 Å². The topological polar surface area (TPSA) is 49.7 Å². The maximum Gasteiger partial charge on any atom is 0.0854 e. The number of benzene rings is 2. The van der Waals surface area contributed by atoms with Crippen molar-refractivity contribution in [2.24, 2.45) is 0 Å². The molecule has 0 unspecified atom stereocenters. The van der Waals surface area contributed by atoms with Gasteiger partial charge in [0.25, 0.3) is 0 Å². The number of hydrogen-bond donors (Lipinski definition) is 2. The maximum atomic E-state index is 10.2. The minimum atomic E-state index is -0.405. The van der Waals surface area contributed by atoms with E-state index < -0.39 is 6.10 Å². The van der Waals surface area contributed by atoms with Crippen LogP contribution in [0.3, 0.4) is 0 Å². The standard InChI is InChI=1S/C25H30O3.C2H6/c26-15-23-13-22(27)14-25(28-23)20-9-10-24(19-7-8-19)21(12-20)11-16-1-3-17(4-2-16)18-5-6-18;1-2/h1-4,9-10,12,18-19,22-23,25-27H,5-8,11,13-15H2;1-2H3/t22-,23-,25+;/m0./s1. The predicted octanol–water partition coefficient (Wildman–Crippen LogP) is 5.63. The van der Waals surface area contributed by atoms with Crippen LogP contribution in [0, 0.1) is 0 Å². The second-order valence-corrected chi connectivity index (χ2v) is 8.98. The van der Waals surface area contributed by atoms with Crippen LogP contribution in [0.25, 0.3) is 0 Å². The van der Waals surface area contributed by atoms with Gasteiger partial charge in [-0.05, 0) is 71.8 Å². The van der Waals surface area contributed by atoms with Crippen LogP contribution in [0.15, 0.2) is 42.5 Å². The summed E-state index contributed by atoms with van der Waals surface area (Å²) >= 11 is 0. The predicted molar refractivity (Wildman–Crippen MR) is 121 cm³/mol. The fraction of sp³-hybridized carbons (Fsp3) is 0.556. The molecule has 5 rings (SSSR count). The third-order valence-corrected chi connectivity index (χ3v) is 6.56. The molecule has 162 valence electrons. The zero-order valence-corrected chi connectivity index (χ0v) is 18.4. The molecule has 2 aromatic carbocycles. The Balaban J connectivity index is 0.00000106. The van der Waals surface area contributed by atoms with Gasteiger partial charge in [0.05, 0.1) is 24.9 Å². The van der Waals surface area contributed by atoms with Crippen molar-refractivity contribution >= 4 is 0 Å². The number of aliphatic hydroxyl groups excluding tert-OH is 2. The van der Waals surface area contributed by atoms with Crippen LogP contribution in [-0.4, -0.2) is 29.0 Å². The molecule has 0 spiro atoms. The first-order chi connectivity index (χ1) is 14.7. The molecule has 3 heteroatoms. The Morgan fingerprint density at radius 3 is 2.17 bits per heavy atom. The van der Waals surface area contributed by atoms with Crippen LogP contribution in [0.4, 0.5) is 0 Å². The summed E-state index contributed by atoms with van der Waals surface area (Å²) in [7, 11) is 0. The monoisotopic (exact) mass is 408 g/mol. The van der Waals surface area contributed by atoms with Gasteiger partial charge >= 0.3 is 0 Å². The second kappa shape index (κ2) is 9.64. The largest absolute Gasteiger partial charge is 0.394 e. The number of rotatable bonds is 6. The van der Waals surface area contributed by atoms with E-state index in [1.54, 1.807) is 0 Å². The molecule has 2 saturated carbocycles. The average molecular weight is 409 g/mol. The number of ether oxygens (including phenoxy) is 1. The van der Waals surface area contributed by atoms with E-state index in [0.29, 0.717) is 18.8 Å². The van der Waals surface area contributed by atoms with Crippen LogP contribution < -0.4 is 0 Å². The van der Waals surface area contributed by atoms with Gasteiger partial charge in [-0.15, -0.1) is 0 Å². The first-order valence-electron chi connectivity index (χ1n) is 11.9. The summed E-state index contributed by atoms with van der Waals surface area (Å²) in [4.78, 5) is 0. The van der Waals surface area contributed by atoms with Crippen molar-refractivity contribution in [3.05, 3.63) is 70.3 Å². The van der Waals surface area contributed by atoms with Gasteiger partial charge in [0.1, 0.15) is 0 Å². The third-order valence-electron chi connectivity index (χ3n) is 6.56. The third kappa shape index (κ3) is 5.14. The van der Waals surface area contributed by atoms with E-state index in [4.69, 9.17) is 4.74 Å². The molecule has 2 aliphatic carbocycles. The van der Waals surface area contributed by atoms with E-state index in [9.17, 15) is 10.2 Å². The van der Waals surface area contributed by atoms with Gasteiger partial charge in [0.15, 0.2) is 0 Å². The molecule has 3 atom stereocenters. The zero-order valence-electron chi connectivity index (χ0n) is 18.4. The normalized spacial score (nSPS) is 26.1. The highest BCUT2D eigenvalue weighted by Crippen LogP contribution is 2.44. The minimum Gasteiger partial charge on any atom is -0.394 e. The Hall–Kier alpha value is -1.68. The first kappa shape index (κ1) is 21.5. The summed E-state index contributed by atoms with van der Waals surface area (Å²) in [5.74, 6) is 1.51. The lowest BCUT2D eigenvalue weighted by atomic mass is 9.90. The summed E-state index contributed by atoms with van der Waals surface area (Å²) in [6, 6.07) is 15.9. The molecule has 1 aliphatic heterocycles. The Bertz CT molecular complexity index is 821. The van der Waals surface area contributed by atoms with Crippen LogP contribution in [0.2, 0.25) is 0 Å². The fourth-order valence-corrected chi connectivity index (χ4v) is 4.64. The maximum absolute atomic E-state index is 10.2. The summed E-state index contributed by atoms with van der Waals surface area (Å²) in [6.07, 6.45) is 6.53. The van der Waals surface area contributed by atoms with E-state index in [2.05, 4.69) is 42.5 Å². The molecule has 2 N–H and O–H groups in total. The van der Waals surface area contributed by atoms with Crippen LogP contribution in [-0.2, 0) is 11.2 Å². The lowest BCUT2D eigenvalue weighted by Crippen LogP contribution is -2.33. The highest BCUT2D eigenvalue weighted by molar-refractivity contribution is 5.41. The van der Waals surface area contributed by atoms with E-state index >= 15 is 0 Å². The highest BCUT2D eigenvalue weighted by Gasteiger charge is 2.31. The van der Waals surface area contributed by atoms with Crippen molar-refractivity contribution in [2.45, 2.75) is 88.9 Å². The first-order valence-corrected chi connectivity index (χ1v) is 11.9. The number of aliphatic hydroxyl groups is 2. The summed E-state index contributed by atoms with van der Waals surface area (Å²) in [6.45, 7) is 3.97. The van der Waals surface area contributed by atoms with E-state index in [1.165, 1.54) is 47.9 Å². The quantitative estimate of drug-likeness (QED) is 0.651. The van der Waals surface area contributed by atoms with Crippen LogP contribution in [0.1, 0.15) is 98.1 Å². The SMILES string of the molecule is CC.OC[C@@H]1C[C@H](O)C[C@H](c2ccc(C3CC3)c(Cc3ccc(C4CC4)cc3)c2)O1. The molecule has 0 amide bonds. The van der Waals surface area contributed by atoms with E-state index in [-0.39, 0.29) is 18.8 Å². The summed E-state index contributed by atoms with van der Waals surface area (Å²) in [5.41, 5.74) is 6.85. The van der Waals surface area contributed by atoms with Gasteiger partial charge in [-0.2, -0.15) is 0 Å². The molecule has 3 nitrogen and oxygen atoms in total. The molecule has 3 fully saturated rings. The van der Waals surface area contributed by atoms with Gasteiger partial charge in [0.2, 0.25) is 0 Å². The van der Waals surface area contributed by atoms with E-state index in [0.717, 1.165) is 17.9 Å². The molecule has 30 heavy (non-hydrogen) atoms. The molecule has 1 saturated heterocycles. The van der Waals surface area contributed by atoms with Crippen LogP contribution >= 0.6 is 0 Å². The average Bonchev–Trinajstić information content (AvgIpc) is 3.68. The van der Waals surface area contributed by atoms with Crippen molar-refractivity contribution in [1.82, 2.24) is 0 Å². The summed E-state index contributed by atoms with van der Waals surface area (Å²) < 4.78 is 6.05. The van der Waals surface area contributed by atoms with Crippen molar-refractivity contribution in [3.8, 4) is 0 Å². The molecular weight excluding hydrogens is 372 g/mol. The van der Waals surface area contributed by atoms with Gasteiger partial charge < -0.3 is 14.9 Å². The molecule has 1 heterocycles. The highest BCUT2D eigenvalue weighted by atomic mass is 16.5. The van der Waals surface area contributed by atoms with Gasteiger partial charge in [-0.3, -0.25) is 0 Å². The van der Waals surface area contributed by atoms with Gasteiger partial charge in [-0.1, -0.05) is 56.3 Å². The molecule has 2 aromatic rings. The second-order valence-electron chi connectivity index (χ2n) is 8.98. The number of hydrogen-bond acceptors (Lipinski definition) is 3. The Kier molecular flexibility index (Phi) is 6.92. The summed E-state index contributed by atoms with van der Waals surface area (Å²) in [5, 5.41) is 19.7. The Labute approximate surface area is 181 Å². The smallest absolute Gasteiger partial charge is 0.0854 e. The molecule has 0 aromatic heterocycles. The lowest BCUT2D eigenvalue weighted by Gasteiger charge is -2.33. The lowest BCUT2D eigenvalue weighted by molar-refractivity contribution is -0.113. The Morgan fingerprint density at radius 2 is 1.53 bits per heavy atom. The fourth-order valence-electron chi connectivity index (χ4n) is 4.64. The van der Waals surface area contributed by atoms with E-state index in [1.807, 2.05) is 13.8 Å². The Morgan fingerprint density at radius 1 is 0.867 bits per heavy atom. The molecule has 0 radical (unpaired) electrons. The van der Waals surface area contributed by atoms with Gasteiger partial charge in [-0.25, -0.2) is 0 Å². The minimum absolute atomic E-state index is 0.0338. The molecule has 0 bridgehead atoms. The van der Waals surface area contributed by atoms with Crippen molar-refractivity contribution < 1.29 is 14.9 Å². The van der Waals surface area contributed by atoms with Gasteiger partial charge in [0, 0.05) is 12.8 Å². The molecular formula is C27H36O3. The van der Waals surface area contributed by atoms with Crippen LogP contribution in [0.5, 0.6) is 0 Å². The molecule has 3 aliphatic rings. The zero-order chi connectivity index (χ0) is 21.1.